The zero-order chi connectivity index (χ0) is 32.5. The number of hydrogen-bond acceptors (Lipinski definition) is 6. The van der Waals surface area contributed by atoms with Gasteiger partial charge in [0, 0.05) is 23.5 Å². The van der Waals surface area contributed by atoms with E-state index < -0.39 is 23.4 Å². The maximum atomic E-state index is 14.2. The van der Waals surface area contributed by atoms with Crippen LogP contribution in [0, 0.1) is 23.6 Å². The maximum Gasteiger partial charge on any atom is 0.238 e. The summed E-state index contributed by atoms with van der Waals surface area (Å²) >= 11 is 0. The minimum absolute atomic E-state index is 0.140. The zero-order valence-corrected chi connectivity index (χ0v) is 26.1. The number of imide groups is 1. The van der Waals surface area contributed by atoms with E-state index in [1.165, 1.54) is 22.6 Å². The van der Waals surface area contributed by atoms with Crippen molar-refractivity contribution >= 4 is 40.5 Å². The lowest BCUT2D eigenvalue weighted by molar-refractivity contribution is -0.122. The number of carbonyl (C=O) groups is 2. The monoisotopic (exact) mass is 629 g/mol. The number of phenolic OH excluding ortho intramolecular Hbond substituents is 1. The van der Waals surface area contributed by atoms with Crippen LogP contribution >= 0.6 is 0 Å². The highest BCUT2D eigenvalue weighted by Gasteiger charge is 2.57. The van der Waals surface area contributed by atoms with Gasteiger partial charge in [0.15, 0.2) is 11.6 Å². The van der Waals surface area contributed by atoms with E-state index in [1.807, 2.05) is 78.9 Å². The van der Waals surface area contributed by atoms with E-state index in [2.05, 4.69) is 17.2 Å². The topological polar surface area (TPSA) is 91.8 Å². The van der Waals surface area contributed by atoms with Gasteiger partial charge >= 0.3 is 0 Å². The first-order chi connectivity index (χ1) is 22.9. The summed E-state index contributed by atoms with van der Waals surface area (Å²) in [5.74, 6) is -2.37. The van der Waals surface area contributed by atoms with Gasteiger partial charge in [0.25, 0.3) is 0 Å². The summed E-state index contributed by atoms with van der Waals surface area (Å²) in [7, 11) is 0. The average Bonchev–Trinajstić information content (AvgIpc) is 3.63. The van der Waals surface area contributed by atoms with Crippen molar-refractivity contribution in [3.8, 4) is 5.75 Å². The number of aromatic nitrogens is 1. The molecule has 0 saturated carbocycles. The third-order valence-corrected chi connectivity index (χ3v) is 9.61. The van der Waals surface area contributed by atoms with E-state index in [9.17, 15) is 19.1 Å². The molecule has 0 unspecified atom stereocenters. The lowest BCUT2D eigenvalue weighted by Gasteiger charge is -2.31. The Morgan fingerprint density at radius 2 is 1.74 bits per heavy atom. The van der Waals surface area contributed by atoms with Crippen LogP contribution in [0.25, 0.3) is 11.6 Å². The van der Waals surface area contributed by atoms with Crippen molar-refractivity contribution in [2.45, 2.75) is 38.7 Å². The molecule has 4 atom stereocenters. The number of aromatic hydroxyl groups is 1. The predicted molar refractivity (Wildman–Crippen MR) is 180 cm³/mol. The van der Waals surface area contributed by atoms with Gasteiger partial charge in [-0.2, -0.15) is 0 Å². The Bertz CT molecular complexity index is 1860. The molecule has 7 rings (SSSR count). The number of anilines is 3. The van der Waals surface area contributed by atoms with E-state index in [-0.39, 0.29) is 23.8 Å². The SMILES string of the molecule is CCC1=C2[C@@H](CC/C(=C/c3ccc(O)c(F)c3)c3ccccn3)OC[C@@H]2[C@@H]2C(=O)N(c3ccc(Nc4ccccc4)cc3)C(=O)[C@@H]2C1. The standard InChI is InChI=1S/C39H36FN3O4/c1-2-25-22-30-37(39(46)43(38(30)45)29-15-13-28(14-16-29)42-27-8-4-3-5-9-27)31-23-47-35(36(25)31)18-12-26(33-10-6-7-19-41-33)20-24-11-17-34(44)32(40)21-24/h3-11,13-17,19-21,30-31,35,37,42,44H,2,12,18,22-23H2,1H3/b26-20-/t30-,31+,35-,37-/m1/s1. The van der Waals surface area contributed by atoms with Crippen LogP contribution in [0.4, 0.5) is 21.5 Å². The summed E-state index contributed by atoms with van der Waals surface area (Å²) in [4.78, 5) is 33.8. The number of phenols is 1. The quantitative estimate of drug-likeness (QED) is 0.144. The molecule has 4 aromatic rings. The molecular weight excluding hydrogens is 593 g/mol. The van der Waals surface area contributed by atoms with Gasteiger partial charge in [0.1, 0.15) is 0 Å². The third-order valence-electron chi connectivity index (χ3n) is 9.61. The molecule has 0 bridgehead atoms. The number of benzene rings is 3. The first-order valence-electron chi connectivity index (χ1n) is 16.1. The maximum absolute atomic E-state index is 14.2. The highest BCUT2D eigenvalue weighted by atomic mass is 19.1. The number of nitrogens with zero attached hydrogens (tertiary/aromatic N) is 2. The molecule has 2 N–H and O–H groups in total. The van der Waals surface area contributed by atoms with Crippen LogP contribution in [-0.4, -0.2) is 34.6 Å². The number of amides is 2. The van der Waals surface area contributed by atoms with Crippen molar-refractivity contribution < 1.29 is 23.8 Å². The molecule has 3 aromatic carbocycles. The predicted octanol–water partition coefficient (Wildman–Crippen LogP) is 7.92. The highest BCUT2D eigenvalue weighted by molar-refractivity contribution is 6.22. The minimum Gasteiger partial charge on any atom is -0.505 e. The van der Waals surface area contributed by atoms with Gasteiger partial charge in [-0.25, -0.2) is 4.39 Å². The van der Waals surface area contributed by atoms with Crippen LogP contribution in [0.3, 0.4) is 0 Å². The summed E-state index contributed by atoms with van der Waals surface area (Å²) in [5, 5.41) is 13.0. The third kappa shape index (κ3) is 5.97. The van der Waals surface area contributed by atoms with Gasteiger partial charge in [0.2, 0.25) is 11.8 Å². The number of nitrogens with one attached hydrogen (secondary N) is 1. The number of carbonyl (C=O) groups excluding carboxylic acids is 2. The van der Waals surface area contributed by atoms with Crippen molar-refractivity contribution in [2.24, 2.45) is 17.8 Å². The van der Waals surface area contributed by atoms with Crippen LogP contribution in [0.2, 0.25) is 0 Å². The van der Waals surface area contributed by atoms with Gasteiger partial charge in [0.05, 0.1) is 35.9 Å². The van der Waals surface area contributed by atoms with Gasteiger partial charge in [-0.15, -0.1) is 0 Å². The second-order valence-electron chi connectivity index (χ2n) is 12.4. The van der Waals surface area contributed by atoms with E-state index >= 15 is 0 Å². The van der Waals surface area contributed by atoms with Crippen LogP contribution in [0.15, 0.2) is 108 Å². The molecule has 2 amide bonds. The van der Waals surface area contributed by atoms with Gasteiger partial charge in [-0.05, 0) is 109 Å². The Hall–Kier alpha value is -5.08. The second-order valence-corrected chi connectivity index (χ2v) is 12.4. The first kappa shape index (κ1) is 30.6. The normalized spacial score (nSPS) is 22.4. The molecule has 2 fully saturated rings. The zero-order valence-electron chi connectivity index (χ0n) is 26.1. The Labute approximate surface area is 273 Å². The van der Waals surface area contributed by atoms with Crippen LogP contribution < -0.4 is 10.2 Å². The van der Waals surface area contributed by atoms with Crippen molar-refractivity contribution in [1.29, 1.82) is 0 Å². The molecule has 0 radical (unpaired) electrons. The Balaban J connectivity index is 1.11. The Morgan fingerprint density at radius 3 is 2.47 bits per heavy atom. The summed E-state index contributed by atoms with van der Waals surface area (Å²) in [6.45, 7) is 2.49. The number of hydrogen-bond donors (Lipinski definition) is 2. The minimum atomic E-state index is -0.680. The fourth-order valence-electron chi connectivity index (χ4n) is 7.38. The molecule has 2 saturated heterocycles. The molecule has 238 valence electrons. The average molecular weight is 630 g/mol. The largest absolute Gasteiger partial charge is 0.505 e. The molecule has 1 aromatic heterocycles. The molecule has 47 heavy (non-hydrogen) atoms. The van der Waals surface area contributed by atoms with Crippen molar-refractivity contribution in [3.05, 3.63) is 125 Å². The number of rotatable bonds is 9. The molecular formula is C39H36FN3O4. The number of ether oxygens (including phenoxy) is 1. The second kappa shape index (κ2) is 13.0. The van der Waals surface area contributed by atoms with Crippen LogP contribution in [0.5, 0.6) is 5.75 Å². The molecule has 0 spiro atoms. The van der Waals surface area contributed by atoms with Crippen LogP contribution in [0.1, 0.15) is 43.9 Å². The number of fused-ring (bicyclic) bond motifs is 3. The smallest absolute Gasteiger partial charge is 0.238 e. The number of pyridine rings is 1. The van der Waals surface area contributed by atoms with E-state index in [0.29, 0.717) is 37.1 Å². The molecule has 2 aliphatic heterocycles. The van der Waals surface area contributed by atoms with Gasteiger partial charge in [-0.3, -0.25) is 19.5 Å². The number of allylic oxidation sites excluding steroid dienone is 2. The molecule has 1 aliphatic carbocycles. The summed E-state index contributed by atoms with van der Waals surface area (Å²) in [6.07, 6.45) is 6.01. The molecule has 7 nitrogen and oxygen atoms in total. The van der Waals surface area contributed by atoms with Crippen molar-refractivity contribution in [1.82, 2.24) is 4.98 Å². The van der Waals surface area contributed by atoms with E-state index in [1.54, 1.807) is 12.3 Å². The molecule has 3 aliphatic rings. The fraction of sp³-hybridized carbons (Fsp3) is 0.256. The summed E-state index contributed by atoms with van der Waals surface area (Å²) in [5.41, 5.74) is 7.09. The van der Waals surface area contributed by atoms with E-state index in [0.717, 1.165) is 34.6 Å². The fourth-order valence-corrected chi connectivity index (χ4v) is 7.38. The number of para-hydroxylation sites is 1. The summed E-state index contributed by atoms with van der Waals surface area (Å²) < 4.78 is 20.6. The lowest BCUT2D eigenvalue weighted by atomic mass is 9.69. The van der Waals surface area contributed by atoms with Gasteiger partial charge < -0.3 is 15.2 Å². The van der Waals surface area contributed by atoms with Gasteiger partial charge in [-0.1, -0.05) is 42.8 Å². The van der Waals surface area contributed by atoms with Crippen molar-refractivity contribution in [2.75, 3.05) is 16.8 Å². The Morgan fingerprint density at radius 1 is 0.979 bits per heavy atom. The first-order valence-corrected chi connectivity index (χ1v) is 16.1. The van der Waals surface area contributed by atoms with E-state index in [4.69, 9.17) is 4.74 Å². The molecule has 3 heterocycles. The Kier molecular flexibility index (Phi) is 8.43. The van der Waals surface area contributed by atoms with Crippen molar-refractivity contribution in [3.63, 3.8) is 0 Å². The number of halogens is 1. The van der Waals surface area contributed by atoms with Crippen LogP contribution in [-0.2, 0) is 14.3 Å². The molecule has 8 heteroatoms. The lowest BCUT2D eigenvalue weighted by Crippen LogP contribution is -2.34. The summed E-state index contributed by atoms with van der Waals surface area (Å²) in [6, 6.07) is 27.3. The highest BCUT2D eigenvalue weighted by Crippen LogP contribution is 2.51.